The third-order valence-corrected chi connectivity index (χ3v) is 3.09. The van der Waals surface area contributed by atoms with E-state index in [0.717, 1.165) is 29.6 Å². The van der Waals surface area contributed by atoms with Crippen molar-refractivity contribution in [3.05, 3.63) is 40.4 Å². The Bertz CT molecular complexity index is 599. The van der Waals surface area contributed by atoms with E-state index in [2.05, 4.69) is 10.3 Å². The predicted octanol–water partition coefficient (Wildman–Crippen LogP) is 0.849. The molecule has 0 saturated carbocycles. The van der Waals surface area contributed by atoms with E-state index < -0.39 is 0 Å². The van der Waals surface area contributed by atoms with E-state index >= 15 is 0 Å². The molecule has 0 atom stereocenters. The lowest BCUT2D eigenvalue weighted by Gasteiger charge is -2.28. The number of hydrogen-bond acceptors (Lipinski definition) is 3. The fraction of sp³-hybridized carbons (Fsp3) is 0.333. The van der Waals surface area contributed by atoms with Crippen molar-refractivity contribution >= 4 is 10.9 Å². The first kappa shape index (κ1) is 9.54. The lowest BCUT2D eigenvalue weighted by molar-refractivity contribution is 0.334. The van der Waals surface area contributed by atoms with Crippen LogP contribution in [0.1, 0.15) is 11.6 Å². The van der Waals surface area contributed by atoms with Crippen molar-refractivity contribution in [3.63, 3.8) is 0 Å². The molecule has 0 radical (unpaired) electrons. The molecule has 16 heavy (non-hydrogen) atoms. The molecule has 0 unspecified atom stereocenters. The van der Waals surface area contributed by atoms with Crippen LogP contribution in [0.3, 0.4) is 0 Å². The summed E-state index contributed by atoms with van der Waals surface area (Å²) < 4.78 is 1.73. The van der Waals surface area contributed by atoms with Gasteiger partial charge >= 0.3 is 0 Å². The Labute approximate surface area is 92.9 Å². The highest BCUT2D eigenvalue weighted by atomic mass is 16.1. The average Bonchev–Trinajstić information content (AvgIpc) is 2.20. The van der Waals surface area contributed by atoms with E-state index in [0.29, 0.717) is 0 Å². The molecular formula is C12H13N3O. The standard InChI is InChI=1S/C12H13N3O/c1-8-2-3-11-10(4-8)12(16)15(7-14-11)9-5-13-6-9/h2-4,7,9,13H,5-6H2,1H3. The summed E-state index contributed by atoms with van der Waals surface area (Å²) in [6, 6.07) is 6.05. The van der Waals surface area contributed by atoms with Crippen LogP contribution in [0.15, 0.2) is 29.3 Å². The number of nitrogens with one attached hydrogen (secondary N) is 1. The van der Waals surface area contributed by atoms with Crippen molar-refractivity contribution in [1.82, 2.24) is 14.9 Å². The van der Waals surface area contributed by atoms with Crippen molar-refractivity contribution in [2.24, 2.45) is 0 Å². The van der Waals surface area contributed by atoms with Gasteiger partial charge in [0.05, 0.1) is 23.3 Å². The fourth-order valence-corrected chi connectivity index (χ4v) is 1.98. The van der Waals surface area contributed by atoms with Gasteiger partial charge in [0, 0.05) is 13.1 Å². The van der Waals surface area contributed by atoms with Crippen molar-refractivity contribution in [3.8, 4) is 0 Å². The fourth-order valence-electron chi connectivity index (χ4n) is 1.98. The van der Waals surface area contributed by atoms with Gasteiger partial charge in [-0.05, 0) is 19.1 Å². The summed E-state index contributed by atoms with van der Waals surface area (Å²) >= 11 is 0. The maximum absolute atomic E-state index is 12.2. The Morgan fingerprint density at radius 3 is 2.94 bits per heavy atom. The number of aryl methyl sites for hydroxylation is 1. The Hall–Kier alpha value is -1.68. The topological polar surface area (TPSA) is 46.9 Å². The Kier molecular flexibility index (Phi) is 2.04. The number of fused-ring (bicyclic) bond motifs is 1. The Morgan fingerprint density at radius 2 is 2.25 bits per heavy atom. The third-order valence-electron chi connectivity index (χ3n) is 3.09. The van der Waals surface area contributed by atoms with Crippen LogP contribution in [-0.4, -0.2) is 22.6 Å². The van der Waals surface area contributed by atoms with Crippen molar-refractivity contribution in [2.45, 2.75) is 13.0 Å². The zero-order valence-corrected chi connectivity index (χ0v) is 9.10. The minimum absolute atomic E-state index is 0.0696. The molecule has 1 fully saturated rings. The first-order valence-corrected chi connectivity index (χ1v) is 5.44. The molecule has 4 nitrogen and oxygen atoms in total. The molecule has 1 aliphatic rings. The molecule has 3 rings (SSSR count). The van der Waals surface area contributed by atoms with Gasteiger partial charge in [0.2, 0.25) is 0 Å². The van der Waals surface area contributed by atoms with Gasteiger partial charge in [-0.25, -0.2) is 4.98 Å². The van der Waals surface area contributed by atoms with Crippen LogP contribution in [0.2, 0.25) is 0 Å². The Morgan fingerprint density at radius 1 is 1.44 bits per heavy atom. The predicted molar refractivity (Wildman–Crippen MR) is 62.6 cm³/mol. The molecule has 82 valence electrons. The van der Waals surface area contributed by atoms with Gasteiger partial charge < -0.3 is 5.32 Å². The number of benzene rings is 1. The largest absolute Gasteiger partial charge is 0.313 e. The number of nitrogens with zero attached hydrogens (tertiary/aromatic N) is 2. The smallest absolute Gasteiger partial charge is 0.261 e. The van der Waals surface area contributed by atoms with E-state index in [-0.39, 0.29) is 11.6 Å². The molecule has 0 amide bonds. The normalized spacial score (nSPS) is 16.3. The van der Waals surface area contributed by atoms with Gasteiger partial charge in [-0.3, -0.25) is 9.36 Å². The molecule has 0 bridgehead atoms. The van der Waals surface area contributed by atoms with Crippen LogP contribution in [-0.2, 0) is 0 Å². The molecule has 1 aromatic carbocycles. The van der Waals surface area contributed by atoms with E-state index in [1.54, 1.807) is 10.9 Å². The molecule has 1 saturated heterocycles. The van der Waals surface area contributed by atoms with Crippen LogP contribution in [0.25, 0.3) is 10.9 Å². The molecule has 2 aromatic rings. The van der Waals surface area contributed by atoms with Gasteiger partial charge in [0.15, 0.2) is 0 Å². The number of aromatic nitrogens is 2. The monoisotopic (exact) mass is 215 g/mol. The minimum atomic E-state index is 0.0696. The van der Waals surface area contributed by atoms with E-state index in [1.165, 1.54) is 0 Å². The molecule has 1 aromatic heterocycles. The number of rotatable bonds is 1. The van der Waals surface area contributed by atoms with Gasteiger partial charge in [0.1, 0.15) is 0 Å². The summed E-state index contributed by atoms with van der Waals surface area (Å²) in [7, 11) is 0. The highest BCUT2D eigenvalue weighted by molar-refractivity contribution is 5.77. The highest BCUT2D eigenvalue weighted by Gasteiger charge is 2.20. The summed E-state index contributed by atoms with van der Waals surface area (Å²) in [5.74, 6) is 0. The van der Waals surface area contributed by atoms with E-state index in [4.69, 9.17) is 0 Å². The van der Waals surface area contributed by atoms with E-state index in [1.807, 2.05) is 25.1 Å². The lowest BCUT2D eigenvalue weighted by Crippen LogP contribution is -2.46. The summed E-state index contributed by atoms with van der Waals surface area (Å²) in [5, 5.41) is 3.88. The first-order valence-electron chi connectivity index (χ1n) is 5.44. The van der Waals surface area contributed by atoms with Crippen LogP contribution in [0, 0.1) is 6.92 Å². The molecule has 0 spiro atoms. The van der Waals surface area contributed by atoms with Crippen molar-refractivity contribution in [2.75, 3.05) is 13.1 Å². The second-order valence-electron chi connectivity index (χ2n) is 4.29. The van der Waals surface area contributed by atoms with Gasteiger partial charge in [-0.1, -0.05) is 11.6 Å². The molecule has 0 aliphatic carbocycles. The van der Waals surface area contributed by atoms with Gasteiger partial charge in [-0.2, -0.15) is 0 Å². The van der Waals surface area contributed by atoms with Gasteiger partial charge in [0.25, 0.3) is 5.56 Å². The Balaban J connectivity index is 2.25. The maximum Gasteiger partial charge on any atom is 0.261 e. The van der Waals surface area contributed by atoms with Crippen molar-refractivity contribution in [1.29, 1.82) is 0 Å². The maximum atomic E-state index is 12.2. The van der Waals surface area contributed by atoms with Crippen molar-refractivity contribution < 1.29 is 0 Å². The molecule has 1 aliphatic heterocycles. The number of hydrogen-bond donors (Lipinski definition) is 1. The average molecular weight is 215 g/mol. The zero-order chi connectivity index (χ0) is 11.1. The molecule has 1 N–H and O–H groups in total. The summed E-state index contributed by atoms with van der Waals surface area (Å²) in [6.45, 7) is 3.71. The lowest BCUT2D eigenvalue weighted by atomic mass is 10.1. The molecular weight excluding hydrogens is 202 g/mol. The first-order chi connectivity index (χ1) is 7.75. The third kappa shape index (κ3) is 1.34. The summed E-state index contributed by atoms with van der Waals surface area (Å²) in [4.78, 5) is 16.5. The SMILES string of the molecule is Cc1ccc2ncn(C3CNC3)c(=O)c2c1. The molecule has 2 heterocycles. The van der Waals surface area contributed by atoms with Crippen LogP contribution >= 0.6 is 0 Å². The highest BCUT2D eigenvalue weighted by Crippen LogP contribution is 2.12. The second kappa shape index (κ2) is 3.42. The minimum Gasteiger partial charge on any atom is -0.313 e. The molecule has 4 heteroatoms. The summed E-state index contributed by atoms with van der Waals surface area (Å²) in [6.07, 6.45) is 1.66. The quantitative estimate of drug-likeness (QED) is 0.767. The van der Waals surface area contributed by atoms with Crippen LogP contribution < -0.4 is 10.9 Å². The second-order valence-corrected chi connectivity index (χ2v) is 4.29. The van der Waals surface area contributed by atoms with Gasteiger partial charge in [-0.15, -0.1) is 0 Å². The van der Waals surface area contributed by atoms with E-state index in [9.17, 15) is 4.79 Å². The summed E-state index contributed by atoms with van der Waals surface area (Å²) in [5.41, 5.74) is 1.94. The zero-order valence-electron chi connectivity index (χ0n) is 9.10. The van der Waals surface area contributed by atoms with Crippen LogP contribution in [0.5, 0.6) is 0 Å². The van der Waals surface area contributed by atoms with Crippen LogP contribution in [0.4, 0.5) is 0 Å².